The minimum absolute atomic E-state index is 0.0586. The smallest absolute Gasteiger partial charge is 0.145 e. The molecule has 0 unspecified atom stereocenters. The van der Waals surface area contributed by atoms with E-state index in [9.17, 15) is 0 Å². The number of rotatable bonds is 5. The van der Waals surface area contributed by atoms with Crippen molar-refractivity contribution in [1.82, 2.24) is 0 Å². The third-order valence-electron chi connectivity index (χ3n) is 2.60. The Kier molecular flexibility index (Phi) is 5.28. The van der Waals surface area contributed by atoms with Gasteiger partial charge < -0.3 is 10.2 Å². The van der Waals surface area contributed by atoms with Gasteiger partial charge in [0.05, 0.1) is 0 Å². The fourth-order valence-corrected chi connectivity index (χ4v) is 1.63. The Bertz CT molecular complexity index is 485. The molecule has 0 aliphatic carbocycles. The van der Waals surface area contributed by atoms with Crippen LogP contribution in [0.3, 0.4) is 0 Å². The zero-order valence-electron chi connectivity index (χ0n) is 10.6. The topological polar surface area (TPSA) is 62.9 Å². The fraction of sp³-hybridized carbons (Fsp3) is 0.286. The van der Waals surface area contributed by atoms with Crippen LogP contribution < -0.4 is 10.2 Å². The van der Waals surface area contributed by atoms with Crippen LogP contribution in [-0.2, 0) is 0 Å². The van der Waals surface area contributed by atoms with Crippen LogP contribution in [-0.4, -0.2) is 13.1 Å². The van der Waals surface area contributed by atoms with E-state index in [0.717, 1.165) is 24.5 Å². The average molecular weight is 240 g/mol. The SMILES string of the molecule is CCN(CC)c1cccc(NC=C(C#N)C#N)c1. The molecule has 92 valence electrons. The van der Waals surface area contributed by atoms with Gasteiger partial charge in [-0.05, 0) is 32.0 Å². The van der Waals surface area contributed by atoms with E-state index in [-0.39, 0.29) is 5.57 Å². The summed E-state index contributed by atoms with van der Waals surface area (Å²) in [5, 5.41) is 20.2. The van der Waals surface area contributed by atoms with Gasteiger partial charge in [0, 0.05) is 30.7 Å². The van der Waals surface area contributed by atoms with E-state index in [2.05, 4.69) is 24.1 Å². The summed E-state index contributed by atoms with van der Waals surface area (Å²) in [6, 6.07) is 11.5. The van der Waals surface area contributed by atoms with E-state index in [1.54, 1.807) is 0 Å². The third-order valence-corrected chi connectivity index (χ3v) is 2.60. The molecular weight excluding hydrogens is 224 g/mol. The standard InChI is InChI=1S/C14H16N4/c1-3-18(4-2)14-7-5-6-13(8-14)17-11-12(9-15)10-16/h5-8,11,17H,3-4H2,1-2H3. The monoisotopic (exact) mass is 240 g/mol. The molecule has 0 aromatic heterocycles. The highest BCUT2D eigenvalue weighted by Crippen LogP contribution is 2.19. The van der Waals surface area contributed by atoms with E-state index in [1.807, 2.05) is 36.4 Å². The number of benzene rings is 1. The number of hydrogen-bond donors (Lipinski definition) is 1. The summed E-state index contributed by atoms with van der Waals surface area (Å²) in [6.45, 7) is 6.09. The van der Waals surface area contributed by atoms with E-state index < -0.39 is 0 Å². The van der Waals surface area contributed by atoms with Crippen molar-refractivity contribution in [1.29, 1.82) is 10.5 Å². The maximum Gasteiger partial charge on any atom is 0.145 e. The van der Waals surface area contributed by atoms with Gasteiger partial charge in [-0.1, -0.05) is 6.07 Å². The number of nitriles is 2. The maximum atomic E-state index is 8.63. The summed E-state index contributed by atoms with van der Waals surface area (Å²) in [5.74, 6) is 0. The summed E-state index contributed by atoms with van der Waals surface area (Å²) in [6.07, 6.45) is 1.42. The van der Waals surface area contributed by atoms with E-state index in [1.165, 1.54) is 6.20 Å². The van der Waals surface area contributed by atoms with Gasteiger partial charge in [-0.15, -0.1) is 0 Å². The van der Waals surface area contributed by atoms with Crippen molar-refractivity contribution in [2.45, 2.75) is 13.8 Å². The van der Waals surface area contributed by atoms with Crippen molar-refractivity contribution in [2.75, 3.05) is 23.3 Å². The number of allylic oxidation sites excluding steroid dienone is 1. The number of nitrogens with one attached hydrogen (secondary N) is 1. The lowest BCUT2D eigenvalue weighted by atomic mass is 10.2. The summed E-state index contributed by atoms with van der Waals surface area (Å²) in [7, 11) is 0. The minimum Gasteiger partial charge on any atom is -0.372 e. The van der Waals surface area contributed by atoms with Gasteiger partial charge in [-0.25, -0.2) is 0 Å². The first-order chi connectivity index (χ1) is 8.74. The van der Waals surface area contributed by atoms with Crippen LogP contribution in [0.5, 0.6) is 0 Å². The fourth-order valence-electron chi connectivity index (χ4n) is 1.63. The lowest BCUT2D eigenvalue weighted by molar-refractivity contribution is 0.866. The predicted octanol–water partition coefficient (Wildman–Crippen LogP) is 2.88. The molecule has 0 bridgehead atoms. The average Bonchev–Trinajstić information content (AvgIpc) is 2.42. The zero-order chi connectivity index (χ0) is 13.4. The first-order valence-corrected chi connectivity index (χ1v) is 5.87. The van der Waals surface area contributed by atoms with Crippen LogP contribution in [0, 0.1) is 22.7 Å². The van der Waals surface area contributed by atoms with Crippen molar-refractivity contribution in [3.63, 3.8) is 0 Å². The van der Waals surface area contributed by atoms with Crippen LogP contribution in [0.15, 0.2) is 36.0 Å². The van der Waals surface area contributed by atoms with E-state index >= 15 is 0 Å². The minimum atomic E-state index is 0.0586. The summed E-state index contributed by atoms with van der Waals surface area (Å²) in [5.41, 5.74) is 2.04. The van der Waals surface area contributed by atoms with Crippen molar-refractivity contribution in [3.05, 3.63) is 36.0 Å². The quantitative estimate of drug-likeness (QED) is 0.804. The Morgan fingerprint density at radius 2 is 1.94 bits per heavy atom. The molecule has 18 heavy (non-hydrogen) atoms. The molecule has 0 saturated carbocycles. The Labute approximate surface area is 108 Å². The zero-order valence-corrected chi connectivity index (χ0v) is 10.6. The first-order valence-electron chi connectivity index (χ1n) is 5.87. The Morgan fingerprint density at radius 1 is 1.28 bits per heavy atom. The summed E-state index contributed by atoms with van der Waals surface area (Å²) < 4.78 is 0. The number of anilines is 2. The van der Waals surface area contributed by atoms with Gasteiger partial charge in [0.15, 0.2) is 0 Å². The number of hydrogen-bond acceptors (Lipinski definition) is 4. The second-order valence-electron chi connectivity index (χ2n) is 3.65. The van der Waals surface area contributed by atoms with Gasteiger partial charge in [-0.2, -0.15) is 10.5 Å². The van der Waals surface area contributed by atoms with Gasteiger partial charge in [-0.3, -0.25) is 0 Å². The van der Waals surface area contributed by atoms with Crippen LogP contribution in [0.25, 0.3) is 0 Å². The largest absolute Gasteiger partial charge is 0.372 e. The summed E-state index contributed by atoms with van der Waals surface area (Å²) >= 11 is 0. The summed E-state index contributed by atoms with van der Waals surface area (Å²) in [4.78, 5) is 2.23. The Balaban J connectivity index is 2.87. The normalized spacial score (nSPS) is 8.89. The first kappa shape index (κ1) is 13.6. The van der Waals surface area contributed by atoms with Crippen LogP contribution >= 0.6 is 0 Å². The lowest BCUT2D eigenvalue weighted by Crippen LogP contribution is -2.21. The van der Waals surface area contributed by atoms with Crippen molar-refractivity contribution < 1.29 is 0 Å². The highest BCUT2D eigenvalue weighted by molar-refractivity contribution is 5.59. The molecular formula is C14H16N4. The second-order valence-corrected chi connectivity index (χ2v) is 3.65. The molecule has 1 N–H and O–H groups in total. The highest BCUT2D eigenvalue weighted by Gasteiger charge is 2.01. The van der Waals surface area contributed by atoms with Crippen LogP contribution in [0.1, 0.15) is 13.8 Å². The van der Waals surface area contributed by atoms with Crippen molar-refractivity contribution >= 4 is 11.4 Å². The van der Waals surface area contributed by atoms with E-state index in [4.69, 9.17) is 10.5 Å². The highest BCUT2D eigenvalue weighted by atomic mass is 15.1. The van der Waals surface area contributed by atoms with Crippen molar-refractivity contribution in [3.8, 4) is 12.1 Å². The van der Waals surface area contributed by atoms with Gasteiger partial charge >= 0.3 is 0 Å². The number of nitrogens with zero attached hydrogens (tertiary/aromatic N) is 3. The molecule has 4 heteroatoms. The molecule has 0 saturated heterocycles. The Hall–Kier alpha value is -2.46. The predicted molar refractivity (Wildman–Crippen MR) is 72.9 cm³/mol. The van der Waals surface area contributed by atoms with Gasteiger partial charge in [0.2, 0.25) is 0 Å². The molecule has 1 aromatic rings. The van der Waals surface area contributed by atoms with Crippen LogP contribution in [0.4, 0.5) is 11.4 Å². The Morgan fingerprint density at radius 3 is 2.50 bits per heavy atom. The van der Waals surface area contributed by atoms with Crippen LogP contribution in [0.2, 0.25) is 0 Å². The third kappa shape index (κ3) is 3.54. The molecule has 0 radical (unpaired) electrons. The molecule has 1 aromatic carbocycles. The molecule has 0 spiro atoms. The molecule has 0 aliphatic heterocycles. The van der Waals surface area contributed by atoms with Gasteiger partial charge in [0.25, 0.3) is 0 Å². The lowest BCUT2D eigenvalue weighted by Gasteiger charge is -2.21. The maximum absolute atomic E-state index is 8.63. The molecule has 0 atom stereocenters. The second kappa shape index (κ2) is 6.98. The van der Waals surface area contributed by atoms with Crippen molar-refractivity contribution in [2.24, 2.45) is 0 Å². The molecule has 0 heterocycles. The van der Waals surface area contributed by atoms with Gasteiger partial charge in [0.1, 0.15) is 17.7 Å². The molecule has 1 rings (SSSR count). The van der Waals surface area contributed by atoms with E-state index in [0.29, 0.717) is 0 Å². The molecule has 0 aliphatic rings. The molecule has 4 nitrogen and oxygen atoms in total. The molecule has 0 fully saturated rings. The molecule has 0 amide bonds.